The van der Waals surface area contributed by atoms with Gasteiger partial charge in [0.25, 0.3) is 0 Å². The van der Waals surface area contributed by atoms with Crippen LogP contribution in [0.3, 0.4) is 0 Å². The van der Waals surface area contributed by atoms with Crippen molar-refractivity contribution in [2.45, 2.75) is 13.0 Å². The third kappa shape index (κ3) is 2.76. The van der Waals surface area contributed by atoms with Crippen molar-refractivity contribution in [3.63, 3.8) is 0 Å². The third-order valence-corrected chi connectivity index (χ3v) is 3.46. The summed E-state index contributed by atoms with van der Waals surface area (Å²) < 4.78 is 0. The highest BCUT2D eigenvalue weighted by Gasteiger charge is 2.29. The monoisotopic (exact) mass is 288 g/mol. The lowest BCUT2D eigenvalue weighted by Gasteiger charge is -2.19. The molecule has 0 bridgehead atoms. The van der Waals surface area contributed by atoms with Gasteiger partial charge in [-0.15, -0.1) is 0 Å². The molecule has 0 saturated heterocycles. The molecule has 0 spiro atoms. The van der Waals surface area contributed by atoms with Crippen LogP contribution in [-0.4, -0.2) is 41.8 Å². The molecule has 1 amide bonds. The topological polar surface area (TPSA) is 109 Å². The molecule has 110 valence electrons. The van der Waals surface area contributed by atoms with Gasteiger partial charge in [0, 0.05) is 28.8 Å². The maximum atomic E-state index is 12.4. The lowest BCUT2D eigenvalue weighted by molar-refractivity contribution is -0.122. The second-order valence-corrected chi connectivity index (χ2v) is 4.81. The van der Waals surface area contributed by atoms with E-state index in [0.29, 0.717) is 16.7 Å². The number of hydrogen-bond acceptors (Lipinski definition) is 5. The molecule has 0 radical (unpaired) electrons. The summed E-state index contributed by atoms with van der Waals surface area (Å²) in [6.07, 6.45) is 0. The number of hydrogen-bond donors (Lipinski definition) is 3. The van der Waals surface area contributed by atoms with Gasteiger partial charge in [0.05, 0.1) is 6.61 Å². The highest BCUT2D eigenvalue weighted by atomic mass is 16.3. The molecule has 6 nitrogen and oxygen atoms in total. The zero-order valence-corrected chi connectivity index (χ0v) is 11.6. The minimum Gasteiger partial charge on any atom is -0.394 e. The van der Waals surface area contributed by atoms with Crippen molar-refractivity contribution < 1.29 is 19.5 Å². The first-order chi connectivity index (χ1) is 9.97. The van der Waals surface area contributed by atoms with Gasteiger partial charge in [0.1, 0.15) is 6.04 Å². The standard InChI is InChI=1S/C15H16N2O4/c1-8-11(6-17-15(21)12(16)7-18)14(20)10-5-3-2-4-9(10)13(8)19/h2-5,12,18H,6-7,16H2,1H3,(H,17,21). The van der Waals surface area contributed by atoms with Crippen molar-refractivity contribution in [2.75, 3.05) is 13.2 Å². The Balaban J connectivity index is 2.24. The number of allylic oxidation sites excluding steroid dienone is 1. The molecule has 1 aliphatic rings. The quantitative estimate of drug-likeness (QED) is 0.712. The second-order valence-electron chi connectivity index (χ2n) is 4.81. The van der Waals surface area contributed by atoms with E-state index in [2.05, 4.69) is 5.32 Å². The van der Waals surface area contributed by atoms with Gasteiger partial charge in [0.2, 0.25) is 5.91 Å². The number of nitrogens with one attached hydrogen (secondary N) is 1. The van der Waals surface area contributed by atoms with Crippen LogP contribution in [0.2, 0.25) is 0 Å². The van der Waals surface area contributed by atoms with Gasteiger partial charge in [-0.3, -0.25) is 14.4 Å². The molecule has 0 heterocycles. The predicted molar refractivity (Wildman–Crippen MR) is 75.9 cm³/mol. The molecular weight excluding hydrogens is 272 g/mol. The Morgan fingerprint density at radius 2 is 1.81 bits per heavy atom. The van der Waals surface area contributed by atoms with E-state index in [-0.39, 0.29) is 23.7 Å². The van der Waals surface area contributed by atoms with Crippen molar-refractivity contribution in [1.29, 1.82) is 0 Å². The summed E-state index contributed by atoms with van der Waals surface area (Å²) in [5.41, 5.74) is 6.65. The van der Waals surface area contributed by atoms with Gasteiger partial charge >= 0.3 is 0 Å². The maximum Gasteiger partial charge on any atom is 0.239 e. The molecule has 0 aliphatic heterocycles. The van der Waals surface area contributed by atoms with Gasteiger partial charge < -0.3 is 16.2 Å². The van der Waals surface area contributed by atoms with E-state index in [0.717, 1.165) is 0 Å². The van der Waals surface area contributed by atoms with Gasteiger partial charge in [-0.05, 0) is 6.92 Å². The number of carbonyl (C=O) groups excluding carboxylic acids is 3. The largest absolute Gasteiger partial charge is 0.394 e. The minimum absolute atomic E-state index is 0.0860. The number of ketones is 2. The zero-order chi connectivity index (χ0) is 15.6. The summed E-state index contributed by atoms with van der Waals surface area (Å²) in [5, 5.41) is 11.3. The summed E-state index contributed by atoms with van der Waals surface area (Å²) in [6, 6.07) is 5.53. The van der Waals surface area contributed by atoms with Gasteiger partial charge in [-0.25, -0.2) is 0 Å². The molecule has 1 aliphatic carbocycles. The SMILES string of the molecule is CC1=C(CNC(=O)C(N)CO)C(=O)c2ccccc2C1=O. The molecule has 0 aromatic heterocycles. The lowest BCUT2D eigenvalue weighted by atomic mass is 9.84. The van der Waals surface area contributed by atoms with Gasteiger partial charge in [-0.2, -0.15) is 0 Å². The number of carbonyl (C=O) groups is 3. The van der Waals surface area contributed by atoms with Crippen molar-refractivity contribution in [3.05, 3.63) is 46.5 Å². The van der Waals surface area contributed by atoms with Crippen LogP contribution in [0.5, 0.6) is 0 Å². The lowest BCUT2D eigenvalue weighted by Crippen LogP contribution is -2.44. The summed E-state index contributed by atoms with van der Waals surface area (Å²) in [4.78, 5) is 36.1. The first-order valence-corrected chi connectivity index (χ1v) is 6.49. The molecule has 1 aromatic carbocycles. The Bertz CT molecular complexity index is 649. The number of amides is 1. The summed E-state index contributed by atoms with van der Waals surface area (Å²) in [5.74, 6) is -1.07. The fourth-order valence-corrected chi connectivity index (χ4v) is 2.15. The molecule has 0 saturated carbocycles. The predicted octanol–water partition coefficient (Wildman–Crippen LogP) is -0.182. The van der Waals surface area contributed by atoms with E-state index < -0.39 is 18.6 Å². The van der Waals surface area contributed by atoms with E-state index in [1.54, 1.807) is 31.2 Å². The van der Waals surface area contributed by atoms with E-state index in [1.807, 2.05) is 0 Å². The van der Waals surface area contributed by atoms with E-state index >= 15 is 0 Å². The van der Waals surface area contributed by atoms with Gasteiger partial charge in [0.15, 0.2) is 11.6 Å². The van der Waals surface area contributed by atoms with Crippen LogP contribution < -0.4 is 11.1 Å². The molecule has 1 atom stereocenters. The minimum atomic E-state index is -1.05. The molecule has 21 heavy (non-hydrogen) atoms. The van der Waals surface area contributed by atoms with E-state index in [9.17, 15) is 14.4 Å². The van der Waals surface area contributed by atoms with Crippen molar-refractivity contribution in [1.82, 2.24) is 5.32 Å². The normalized spacial score (nSPS) is 15.8. The van der Waals surface area contributed by atoms with Crippen LogP contribution in [-0.2, 0) is 4.79 Å². The number of rotatable bonds is 4. The van der Waals surface area contributed by atoms with Crippen LogP contribution in [0, 0.1) is 0 Å². The average molecular weight is 288 g/mol. The first kappa shape index (κ1) is 15.1. The number of nitrogens with two attached hydrogens (primary N) is 1. The molecular formula is C15H16N2O4. The highest BCUT2D eigenvalue weighted by molar-refractivity contribution is 6.26. The van der Waals surface area contributed by atoms with E-state index in [4.69, 9.17) is 10.8 Å². The van der Waals surface area contributed by atoms with Crippen molar-refractivity contribution in [3.8, 4) is 0 Å². The number of benzene rings is 1. The van der Waals surface area contributed by atoms with E-state index in [1.165, 1.54) is 0 Å². The number of aliphatic hydroxyl groups excluding tert-OH is 1. The Labute approximate surface area is 121 Å². The van der Waals surface area contributed by atoms with Crippen LogP contribution in [0.4, 0.5) is 0 Å². The number of aliphatic hydroxyl groups is 1. The summed E-state index contributed by atoms with van der Waals surface area (Å²) >= 11 is 0. The molecule has 0 fully saturated rings. The molecule has 1 unspecified atom stereocenters. The number of Topliss-reactive ketones (excluding diaryl/α,β-unsaturated/α-hetero) is 2. The third-order valence-electron chi connectivity index (χ3n) is 3.46. The fraction of sp³-hybridized carbons (Fsp3) is 0.267. The Kier molecular flexibility index (Phi) is 4.30. The summed E-state index contributed by atoms with van der Waals surface area (Å²) in [7, 11) is 0. The van der Waals surface area contributed by atoms with Crippen molar-refractivity contribution >= 4 is 17.5 Å². The average Bonchev–Trinajstić information content (AvgIpc) is 2.51. The fourth-order valence-electron chi connectivity index (χ4n) is 2.15. The Morgan fingerprint density at radius 1 is 1.24 bits per heavy atom. The smallest absolute Gasteiger partial charge is 0.239 e. The summed E-state index contributed by atoms with van der Waals surface area (Å²) in [6.45, 7) is 0.987. The zero-order valence-electron chi connectivity index (χ0n) is 11.6. The molecule has 4 N–H and O–H groups in total. The Hall–Kier alpha value is -2.31. The van der Waals surface area contributed by atoms with Crippen LogP contribution >= 0.6 is 0 Å². The molecule has 2 rings (SSSR count). The molecule has 1 aromatic rings. The Morgan fingerprint density at radius 3 is 2.38 bits per heavy atom. The van der Waals surface area contributed by atoms with Crippen LogP contribution in [0.25, 0.3) is 0 Å². The maximum absolute atomic E-state index is 12.4. The van der Waals surface area contributed by atoms with Gasteiger partial charge in [-0.1, -0.05) is 24.3 Å². The highest BCUT2D eigenvalue weighted by Crippen LogP contribution is 2.25. The van der Waals surface area contributed by atoms with Crippen LogP contribution in [0.1, 0.15) is 27.6 Å². The second kappa shape index (κ2) is 5.99. The number of fused-ring (bicyclic) bond motifs is 1. The first-order valence-electron chi connectivity index (χ1n) is 6.49. The van der Waals surface area contributed by atoms with Crippen molar-refractivity contribution in [2.24, 2.45) is 5.73 Å². The molecule has 6 heteroatoms. The van der Waals surface area contributed by atoms with Crippen LogP contribution in [0.15, 0.2) is 35.4 Å².